The highest BCUT2D eigenvalue weighted by molar-refractivity contribution is 5.68. The molecule has 7 nitrogen and oxygen atoms in total. The van der Waals surface area contributed by atoms with E-state index in [0.29, 0.717) is 5.75 Å². The van der Waals surface area contributed by atoms with Crippen LogP contribution in [-0.4, -0.2) is 47.1 Å². The molecule has 1 aromatic carbocycles. The molecule has 0 spiro atoms. The number of benzene rings is 1. The van der Waals surface area contributed by atoms with Gasteiger partial charge >= 0.3 is 12.2 Å². The lowest BCUT2D eigenvalue weighted by Gasteiger charge is -2.33. The van der Waals surface area contributed by atoms with Crippen LogP contribution in [0.4, 0.5) is 9.59 Å². The second-order valence-corrected chi connectivity index (χ2v) is 7.31. The Balaban J connectivity index is 2.96. The van der Waals surface area contributed by atoms with Gasteiger partial charge in [-0.1, -0.05) is 12.1 Å². The van der Waals surface area contributed by atoms with Gasteiger partial charge in [-0.2, -0.15) is 0 Å². The molecule has 0 aliphatic rings. The summed E-state index contributed by atoms with van der Waals surface area (Å²) in [6.07, 6.45) is -1.93. The number of nitrogens with zero attached hydrogens (tertiary/aromatic N) is 1. The normalized spacial score (nSPS) is 11.6. The first kappa shape index (κ1) is 20.6. The number of ether oxygens (including phenoxy) is 3. The Kier molecular flexibility index (Phi) is 6.67. The topological polar surface area (TPSA) is 85.3 Å². The predicted molar refractivity (Wildman–Crippen MR) is 92.8 cm³/mol. The molecule has 0 atom stereocenters. The van der Waals surface area contributed by atoms with Gasteiger partial charge in [0, 0.05) is 6.54 Å². The maximum absolute atomic E-state index is 12.5. The fourth-order valence-corrected chi connectivity index (χ4v) is 2.19. The maximum atomic E-state index is 12.5. The molecular weight excluding hydrogens is 326 g/mol. The summed E-state index contributed by atoms with van der Waals surface area (Å²) in [6, 6.07) is 7.26. The summed E-state index contributed by atoms with van der Waals surface area (Å²) < 4.78 is 15.4. The second-order valence-electron chi connectivity index (χ2n) is 7.31. The Morgan fingerprint density at radius 1 is 1.04 bits per heavy atom. The van der Waals surface area contributed by atoms with E-state index in [2.05, 4.69) is 0 Å². The largest absolute Gasteiger partial charge is 0.506 e. The van der Waals surface area contributed by atoms with Crippen LogP contribution >= 0.6 is 0 Å². The first-order valence-electron chi connectivity index (χ1n) is 7.95. The third-order valence-electron chi connectivity index (χ3n) is 3.12. The third-order valence-corrected chi connectivity index (χ3v) is 3.12. The molecule has 140 valence electrons. The Morgan fingerprint density at radius 2 is 1.60 bits per heavy atom. The van der Waals surface area contributed by atoms with E-state index in [1.54, 1.807) is 53.9 Å². The molecule has 0 aromatic heterocycles. The third kappa shape index (κ3) is 7.78. The van der Waals surface area contributed by atoms with Gasteiger partial charge in [-0.15, -0.1) is 0 Å². The van der Waals surface area contributed by atoms with Crippen molar-refractivity contribution < 1.29 is 28.9 Å². The van der Waals surface area contributed by atoms with E-state index in [9.17, 15) is 9.59 Å². The molecule has 0 saturated carbocycles. The van der Waals surface area contributed by atoms with E-state index in [1.807, 2.05) is 12.1 Å². The van der Waals surface area contributed by atoms with Gasteiger partial charge in [0.2, 0.25) is 0 Å². The molecule has 0 aliphatic carbocycles. The molecule has 1 N–H and O–H groups in total. The van der Waals surface area contributed by atoms with Crippen LogP contribution in [-0.2, 0) is 16.0 Å². The number of hydrogen-bond donors (Lipinski definition) is 1. The SMILES string of the molecule is COc1ccc(CN(CC(C)(C)OC(=O)O)C(=O)OC(C)(C)C)cc1. The highest BCUT2D eigenvalue weighted by Crippen LogP contribution is 2.19. The molecule has 0 radical (unpaired) electrons. The molecule has 1 rings (SSSR count). The van der Waals surface area contributed by atoms with Gasteiger partial charge in [0.15, 0.2) is 0 Å². The van der Waals surface area contributed by atoms with Crippen LogP contribution < -0.4 is 4.74 Å². The molecule has 25 heavy (non-hydrogen) atoms. The van der Waals surface area contributed by atoms with Crippen LogP contribution in [0.2, 0.25) is 0 Å². The molecular formula is C18H27NO6. The Hall–Kier alpha value is -2.44. The summed E-state index contributed by atoms with van der Waals surface area (Å²) in [6.45, 7) is 8.84. The van der Waals surface area contributed by atoms with Crippen LogP contribution in [0.25, 0.3) is 0 Å². The first-order valence-corrected chi connectivity index (χ1v) is 7.95. The van der Waals surface area contributed by atoms with Crippen molar-refractivity contribution in [1.29, 1.82) is 0 Å². The fraction of sp³-hybridized carbons (Fsp3) is 0.556. The molecule has 7 heteroatoms. The summed E-state index contributed by atoms with van der Waals surface area (Å²) in [5.74, 6) is 0.710. The summed E-state index contributed by atoms with van der Waals surface area (Å²) in [7, 11) is 1.58. The number of methoxy groups -OCH3 is 1. The number of carbonyl (C=O) groups is 2. The van der Waals surface area contributed by atoms with Crippen molar-refractivity contribution in [3.05, 3.63) is 29.8 Å². The van der Waals surface area contributed by atoms with Gasteiger partial charge in [0.25, 0.3) is 0 Å². The second kappa shape index (κ2) is 8.09. The van der Waals surface area contributed by atoms with Gasteiger partial charge in [-0.25, -0.2) is 9.59 Å². The molecule has 0 fully saturated rings. The van der Waals surface area contributed by atoms with Crippen molar-refractivity contribution in [3.63, 3.8) is 0 Å². The lowest BCUT2D eigenvalue weighted by Crippen LogP contribution is -2.46. The number of carboxylic acid groups (broad SMARTS) is 1. The summed E-state index contributed by atoms with van der Waals surface area (Å²) >= 11 is 0. The van der Waals surface area contributed by atoms with Crippen LogP contribution in [0.5, 0.6) is 5.75 Å². The Labute approximate surface area is 148 Å². The van der Waals surface area contributed by atoms with E-state index in [-0.39, 0.29) is 13.1 Å². The average Bonchev–Trinajstić information content (AvgIpc) is 2.43. The zero-order valence-corrected chi connectivity index (χ0v) is 15.7. The van der Waals surface area contributed by atoms with E-state index >= 15 is 0 Å². The lowest BCUT2D eigenvalue weighted by atomic mass is 10.1. The molecule has 0 saturated heterocycles. The molecule has 0 aliphatic heterocycles. The Morgan fingerprint density at radius 3 is 2.04 bits per heavy atom. The maximum Gasteiger partial charge on any atom is 0.506 e. The van der Waals surface area contributed by atoms with E-state index in [4.69, 9.17) is 19.3 Å². The number of amides is 1. The quantitative estimate of drug-likeness (QED) is 0.781. The smallest absolute Gasteiger partial charge is 0.497 e. The van der Waals surface area contributed by atoms with Crippen molar-refractivity contribution in [1.82, 2.24) is 4.90 Å². The van der Waals surface area contributed by atoms with Gasteiger partial charge in [-0.05, 0) is 52.3 Å². The van der Waals surface area contributed by atoms with Crippen molar-refractivity contribution in [2.24, 2.45) is 0 Å². The van der Waals surface area contributed by atoms with E-state index in [1.165, 1.54) is 4.90 Å². The molecule has 0 bridgehead atoms. The van der Waals surface area contributed by atoms with Gasteiger partial charge in [-0.3, -0.25) is 4.90 Å². The zero-order valence-electron chi connectivity index (χ0n) is 15.7. The number of hydrogen-bond acceptors (Lipinski definition) is 5. The van der Waals surface area contributed by atoms with E-state index in [0.717, 1.165) is 5.56 Å². The van der Waals surface area contributed by atoms with Crippen molar-refractivity contribution >= 4 is 12.2 Å². The molecule has 1 amide bonds. The minimum atomic E-state index is -1.39. The Bertz CT molecular complexity index is 589. The summed E-state index contributed by atoms with van der Waals surface area (Å²) in [5.41, 5.74) is -0.875. The minimum absolute atomic E-state index is 0.0558. The van der Waals surface area contributed by atoms with E-state index < -0.39 is 23.5 Å². The number of rotatable bonds is 6. The van der Waals surface area contributed by atoms with Crippen LogP contribution in [0.3, 0.4) is 0 Å². The zero-order chi connectivity index (χ0) is 19.3. The average molecular weight is 353 g/mol. The lowest BCUT2D eigenvalue weighted by molar-refractivity contribution is -0.0294. The van der Waals surface area contributed by atoms with Gasteiger partial charge in [0.05, 0.1) is 13.7 Å². The van der Waals surface area contributed by atoms with Gasteiger partial charge in [0.1, 0.15) is 17.0 Å². The van der Waals surface area contributed by atoms with Crippen molar-refractivity contribution in [3.8, 4) is 5.75 Å². The number of carbonyl (C=O) groups excluding carboxylic acids is 1. The molecule has 0 heterocycles. The van der Waals surface area contributed by atoms with Crippen molar-refractivity contribution in [2.75, 3.05) is 13.7 Å². The van der Waals surface area contributed by atoms with Crippen LogP contribution in [0, 0.1) is 0 Å². The standard InChI is InChI=1S/C18H27NO6/c1-17(2,3)24-15(20)19(12-18(4,5)25-16(21)22)11-13-7-9-14(23-6)10-8-13/h7-10H,11-12H2,1-6H3,(H,21,22). The summed E-state index contributed by atoms with van der Waals surface area (Å²) in [5, 5.41) is 8.86. The van der Waals surface area contributed by atoms with Crippen LogP contribution in [0.1, 0.15) is 40.2 Å². The highest BCUT2D eigenvalue weighted by atomic mass is 16.7. The van der Waals surface area contributed by atoms with Gasteiger partial charge < -0.3 is 19.3 Å². The van der Waals surface area contributed by atoms with Crippen LogP contribution in [0.15, 0.2) is 24.3 Å². The summed E-state index contributed by atoms with van der Waals surface area (Å²) in [4.78, 5) is 24.8. The predicted octanol–water partition coefficient (Wildman–Crippen LogP) is 3.91. The first-order chi connectivity index (χ1) is 11.4. The minimum Gasteiger partial charge on any atom is -0.497 e. The highest BCUT2D eigenvalue weighted by Gasteiger charge is 2.31. The molecule has 1 aromatic rings. The monoisotopic (exact) mass is 353 g/mol. The molecule has 0 unspecified atom stereocenters. The fourth-order valence-electron chi connectivity index (χ4n) is 2.19. The van der Waals surface area contributed by atoms with Crippen molar-refractivity contribution in [2.45, 2.75) is 52.4 Å².